The summed E-state index contributed by atoms with van der Waals surface area (Å²) in [7, 11) is 0. The van der Waals surface area contributed by atoms with Crippen LogP contribution in [0.4, 0.5) is 0 Å². The molecule has 0 saturated carbocycles. The normalized spacial score (nSPS) is 27.0. The van der Waals surface area contributed by atoms with Crippen molar-refractivity contribution in [2.24, 2.45) is 5.73 Å². The van der Waals surface area contributed by atoms with E-state index < -0.39 is 0 Å². The SMILES string of the molecule is Cc1ccc2c(c1)C(N)CO[C@H]2C. The minimum atomic E-state index is 0.0473. The molecule has 1 aliphatic heterocycles. The van der Waals surface area contributed by atoms with Crippen molar-refractivity contribution >= 4 is 0 Å². The zero-order chi connectivity index (χ0) is 9.42. The average molecular weight is 177 g/mol. The number of fused-ring (bicyclic) bond motifs is 1. The van der Waals surface area contributed by atoms with Crippen molar-refractivity contribution < 1.29 is 4.74 Å². The van der Waals surface area contributed by atoms with Gasteiger partial charge in [-0.1, -0.05) is 23.8 Å². The van der Waals surface area contributed by atoms with Crippen LogP contribution in [0.15, 0.2) is 18.2 Å². The summed E-state index contributed by atoms with van der Waals surface area (Å²) in [5.74, 6) is 0. The molecule has 2 N–H and O–H groups in total. The fourth-order valence-corrected chi connectivity index (χ4v) is 1.81. The minimum absolute atomic E-state index is 0.0473. The lowest BCUT2D eigenvalue weighted by atomic mass is 9.94. The second-order valence-corrected chi connectivity index (χ2v) is 3.71. The highest BCUT2D eigenvalue weighted by molar-refractivity contribution is 5.36. The molecule has 0 aliphatic carbocycles. The molecule has 0 bridgehead atoms. The predicted molar refractivity (Wildman–Crippen MR) is 52.5 cm³/mol. The van der Waals surface area contributed by atoms with Crippen molar-refractivity contribution in [2.75, 3.05) is 6.61 Å². The van der Waals surface area contributed by atoms with E-state index in [9.17, 15) is 0 Å². The van der Waals surface area contributed by atoms with Crippen molar-refractivity contribution in [3.8, 4) is 0 Å². The summed E-state index contributed by atoms with van der Waals surface area (Å²) in [5, 5.41) is 0. The van der Waals surface area contributed by atoms with Gasteiger partial charge in [0.2, 0.25) is 0 Å². The van der Waals surface area contributed by atoms with Crippen LogP contribution >= 0.6 is 0 Å². The molecule has 0 amide bonds. The van der Waals surface area contributed by atoms with Gasteiger partial charge in [0.15, 0.2) is 0 Å². The van der Waals surface area contributed by atoms with Crippen molar-refractivity contribution in [1.29, 1.82) is 0 Å². The van der Waals surface area contributed by atoms with Crippen molar-refractivity contribution in [2.45, 2.75) is 26.0 Å². The maximum Gasteiger partial charge on any atom is 0.0801 e. The maximum absolute atomic E-state index is 5.95. The molecule has 13 heavy (non-hydrogen) atoms. The summed E-state index contributed by atoms with van der Waals surface area (Å²) in [6, 6.07) is 6.44. The summed E-state index contributed by atoms with van der Waals surface area (Å²) in [5.41, 5.74) is 9.71. The van der Waals surface area contributed by atoms with Crippen LogP contribution in [0.2, 0.25) is 0 Å². The molecule has 0 saturated heterocycles. The molecule has 0 radical (unpaired) electrons. The van der Waals surface area contributed by atoms with E-state index in [1.807, 2.05) is 0 Å². The van der Waals surface area contributed by atoms with E-state index in [2.05, 4.69) is 32.0 Å². The van der Waals surface area contributed by atoms with Crippen LogP contribution in [0, 0.1) is 6.92 Å². The van der Waals surface area contributed by atoms with Crippen LogP contribution in [0.25, 0.3) is 0 Å². The highest BCUT2D eigenvalue weighted by Crippen LogP contribution is 2.31. The van der Waals surface area contributed by atoms with Crippen LogP contribution in [0.5, 0.6) is 0 Å². The third-order valence-corrected chi connectivity index (χ3v) is 2.61. The van der Waals surface area contributed by atoms with Gasteiger partial charge in [-0.25, -0.2) is 0 Å². The molecule has 1 unspecified atom stereocenters. The van der Waals surface area contributed by atoms with Crippen molar-refractivity contribution in [3.63, 3.8) is 0 Å². The minimum Gasteiger partial charge on any atom is -0.372 e. The van der Waals surface area contributed by atoms with Gasteiger partial charge in [0, 0.05) is 0 Å². The maximum atomic E-state index is 5.95. The molecular weight excluding hydrogens is 162 g/mol. The van der Waals surface area contributed by atoms with Crippen molar-refractivity contribution in [1.82, 2.24) is 0 Å². The van der Waals surface area contributed by atoms with Gasteiger partial charge in [-0.3, -0.25) is 0 Å². The van der Waals surface area contributed by atoms with Gasteiger partial charge in [0.25, 0.3) is 0 Å². The number of nitrogens with two attached hydrogens (primary N) is 1. The third-order valence-electron chi connectivity index (χ3n) is 2.61. The zero-order valence-corrected chi connectivity index (χ0v) is 8.08. The Balaban J connectivity index is 2.50. The van der Waals surface area contributed by atoms with Gasteiger partial charge < -0.3 is 10.5 Å². The summed E-state index contributed by atoms with van der Waals surface area (Å²) >= 11 is 0. The summed E-state index contributed by atoms with van der Waals surface area (Å²) < 4.78 is 5.53. The highest BCUT2D eigenvalue weighted by atomic mass is 16.5. The Hall–Kier alpha value is -0.860. The highest BCUT2D eigenvalue weighted by Gasteiger charge is 2.22. The molecule has 1 aromatic rings. The molecule has 0 spiro atoms. The quantitative estimate of drug-likeness (QED) is 0.658. The summed E-state index contributed by atoms with van der Waals surface area (Å²) in [4.78, 5) is 0. The second kappa shape index (κ2) is 3.13. The Kier molecular flexibility index (Phi) is 2.10. The molecule has 2 rings (SSSR count). The molecule has 2 heteroatoms. The van der Waals surface area contributed by atoms with Gasteiger partial charge >= 0.3 is 0 Å². The molecular formula is C11H15NO. The Morgan fingerprint density at radius 2 is 2.15 bits per heavy atom. The monoisotopic (exact) mass is 177 g/mol. The van der Waals surface area contributed by atoms with Crippen LogP contribution in [-0.2, 0) is 4.74 Å². The lowest BCUT2D eigenvalue weighted by molar-refractivity contribution is 0.0407. The van der Waals surface area contributed by atoms with E-state index in [1.165, 1.54) is 16.7 Å². The standard InChI is InChI=1S/C11H15NO/c1-7-3-4-9-8(2)13-6-11(12)10(9)5-7/h3-5,8,11H,6,12H2,1-2H3/t8-,11?/m0/s1. The van der Waals surface area contributed by atoms with Gasteiger partial charge in [-0.15, -0.1) is 0 Å². The van der Waals surface area contributed by atoms with E-state index in [0.717, 1.165) is 0 Å². The first-order valence-electron chi connectivity index (χ1n) is 4.66. The van der Waals surface area contributed by atoms with Crippen molar-refractivity contribution in [3.05, 3.63) is 34.9 Å². The number of ether oxygens (including phenoxy) is 1. The average Bonchev–Trinajstić information content (AvgIpc) is 2.12. The Morgan fingerprint density at radius 1 is 1.38 bits per heavy atom. The van der Waals surface area contributed by atoms with E-state index in [0.29, 0.717) is 6.61 Å². The van der Waals surface area contributed by atoms with E-state index in [4.69, 9.17) is 10.5 Å². The smallest absolute Gasteiger partial charge is 0.0801 e. The van der Waals surface area contributed by atoms with E-state index in [1.54, 1.807) is 0 Å². The molecule has 1 heterocycles. The molecule has 2 nitrogen and oxygen atoms in total. The fraction of sp³-hybridized carbons (Fsp3) is 0.455. The lowest BCUT2D eigenvalue weighted by Gasteiger charge is -2.28. The number of hydrogen-bond donors (Lipinski definition) is 1. The molecule has 0 fully saturated rings. The molecule has 2 atom stereocenters. The molecule has 1 aliphatic rings. The first-order chi connectivity index (χ1) is 6.18. The summed E-state index contributed by atoms with van der Waals surface area (Å²) in [6.07, 6.45) is 0.190. The number of rotatable bonds is 0. The second-order valence-electron chi connectivity index (χ2n) is 3.71. The van der Waals surface area contributed by atoms with Crippen LogP contribution < -0.4 is 5.73 Å². The zero-order valence-electron chi connectivity index (χ0n) is 8.08. The number of benzene rings is 1. The van der Waals surface area contributed by atoms with E-state index >= 15 is 0 Å². The molecule has 70 valence electrons. The fourth-order valence-electron chi connectivity index (χ4n) is 1.81. The first-order valence-corrected chi connectivity index (χ1v) is 4.66. The number of aryl methyl sites for hydroxylation is 1. The Labute approximate surface area is 78.7 Å². The third kappa shape index (κ3) is 1.47. The molecule has 1 aromatic carbocycles. The van der Waals surface area contributed by atoms with Crippen LogP contribution in [-0.4, -0.2) is 6.61 Å². The predicted octanol–water partition coefficient (Wildman–Crippen LogP) is 2.09. The topological polar surface area (TPSA) is 35.2 Å². The Bertz CT molecular complexity index is 322. The summed E-state index contributed by atoms with van der Waals surface area (Å²) in [6.45, 7) is 4.80. The number of hydrogen-bond acceptors (Lipinski definition) is 2. The van der Waals surface area contributed by atoms with Gasteiger partial charge in [0.05, 0.1) is 18.8 Å². The van der Waals surface area contributed by atoms with E-state index in [-0.39, 0.29) is 12.1 Å². The van der Waals surface area contributed by atoms with Gasteiger partial charge in [-0.05, 0) is 25.0 Å². The van der Waals surface area contributed by atoms with Gasteiger partial charge in [-0.2, -0.15) is 0 Å². The largest absolute Gasteiger partial charge is 0.372 e. The first kappa shape index (κ1) is 8.73. The van der Waals surface area contributed by atoms with Crippen LogP contribution in [0.1, 0.15) is 35.8 Å². The lowest BCUT2D eigenvalue weighted by Crippen LogP contribution is -2.25. The van der Waals surface area contributed by atoms with Gasteiger partial charge in [0.1, 0.15) is 0 Å². The Morgan fingerprint density at radius 3 is 2.92 bits per heavy atom. The van der Waals surface area contributed by atoms with Crippen LogP contribution in [0.3, 0.4) is 0 Å². The molecule has 0 aromatic heterocycles.